The Labute approximate surface area is 195 Å². The van der Waals surface area contributed by atoms with Crippen molar-refractivity contribution in [3.8, 4) is 0 Å². The number of piperidine rings is 1. The highest BCUT2D eigenvalue weighted by Gasteiger charge is 2.33. The smallest absolute Gasteiger partial charge is 0.338 e. The van der Waals surface area contributed by atoms with Gasteiger partial charge in [0.1, 0.15) is 0 Å². The van der Waals surface area contributed by atoms with Crippen LogP contribution in [0.3, 0.4) is 0 Å². The molecule has 0 bridgehead atoms. The topological polar surface area (TPSA) is 84.0 Å². The average molecular weight is 471 g/mol. The van der Waals surface area contributed by atoms with Crippen molar-refractivity contribution in [1.29, 1.82) is 0 Å². The molecular formula is C25H30N2O5S. The van der Waals surface area contributed by atoms with Crippen LogP contribution in [-0.4, -0.2) is 50.3 Å². The average Bonchev–Trinajstić information content (AvgIpc) is 3.22. The van der Waals surface area contributed by atoms with E-state index in [1.165, 1.54) is 35.5 Å². The fourth-order valence-electron chi connectivity index (χ4n) is 4.80. The number of para-hydroxylation sites is 1. The highest BCUT2D eigenvalue weighted by molar-refractivity contribution is 7.89. The maximum Gasteiger partial charge on any atom is 0.338 e. The van der Waals surface area contributed by atoms with Gasteiger partial charge in [-0.2, -0.15) is 4.31 Å². The van der Waals surface area contributed by atoms with Gasteiger partial charge in [-0.1, -0.05) is 38.1 Å². The Morgan fingerprint density at radius 1 is 1.03 bits per heavy atom. The van der Waals surface area contributed by atoms with Crippen molar-refractivity contribution in [2.24, 2.45) is 11.8 Å². The number of fused-ring (bicyclic) bond motifs is 1. The third kappa shape index (κ3) is 4.82. The van der Waals surface area contributed by atoms with Crippen molar-refractivity contribution in [2.45, 2.75) is 44.6 Å². The summed E-state index contributed by atoms with van der Waals surface area (Å²) in [7, 11) is -3.72. The lowest BCUT2D eigenvalue weighted by Crippen LogP contribution is -2.42. The first-order chi connectivity index (χ1) is 15.7. The van der Waals surface area contributed by atoms with Crippen molar-refractivity contribution >= 4 is 27.6 Å². The third-order valence-corrected chi connectivity index (χ3v) is 8.16. The molecular weight excluding hydrogens is 440 g/mol. The van der Waals surface area contributed by atoms with Gasteiger partial charge in [-0.05, 0) is 61.4 Å². The van der Waals surface area contributed by atoms with Gasteiger partial charge in [0.15, 0.2) is 6.10 Å². The fourth-order valence-corrected chi connectivity index (χ4v) is 6.53. The summed E-state index contributed by atoms with van der Waals surface area (Å²) in [6, 6.07) is 13.5. The first-order valence-electron chi connectivity index (χ1n) is 11.4. The number of carbonyl (C=O) groups excluding carboxylic acids is 2. The third-order valence-electron chi connectivity index (χ3n) is 6.33. The number of benzene rings is 2. The Morgan fingerprint density at radius 3 is 2.45 bits per heavy atom. The molecule has 0 N–H and O–H groups in total. The molecule has 2 aromatic carbocycles. The van der Waals surface area contributed by atoms with Crippen LogP contribution in [0.5, 0.6) is 0 Å². The molecule has 0 radical (unpaired) electrons. The van der Waals surface area contributed by atoms with Crippen molar-refractivity contribution in [3.63, 3.8) is 0 Å². The van der Waals surface area contributed by atoms with E-state index in [-0.39, 0.29) is 28.2 Å². The first-order valence-corrected chi connectivity index (χ1v) is 12.8. The van der Waals surface area contributed by atoms with Gasteiger partial charge in [-0.25, -0.2) is 13.2 Å². The number of anilines is 1. The molecule has 33 heavy (non-hydrogen) atoms. The quantitative estimate of drug-likeness (QED) is 0.625. The molecule has 0 saturated carbocycles. The lowest BCUT2D eigenvalue weighted by atomic mass is 9.94. The number of ether oxygens (including phenoxy) is 1. The van der Waals surface area contributed by atoms with Gasteiger partial charge < -0.3 is 9.64 Å². The van der Waals surface area contributed by atoms with Crippen molar-refractivity contribution in [1.82, 2.24) is 4.31 Å². The SMILES string of the molecule is CC1CC(C)CN(S(=O)(=O)c2cccc(C(=O)OC(C)C(=O)N3CCc4ccccc43)c2)C1. The summed E-state index contributed by atoms with van der Waals surface area (Å²) >= 11 is 0. The van der Waals surface area contributed by atoms with Crippen LogP contribution in [0.1, 0.15) is 43.1 Å². The highest BCUT2D eigenvalue weighted by atomic mass is 32.2. The maximum absolute atomic E-state index is 13.2. The Hall–Kier alpha value is -2.71. The molecule has 1 fully saturated rings. The number of amides is 1. The van der Waals surface area contributed by atoms with Crippen molar-refractivity contribution in [2.75, 3.05) is 24.5 Å². The summed E-state index contributed by atoms with van der Waals surface area (Å²) in [4.78, 5) is 27.4. The summed E-state index contributed by atoms with van der Waals surface area (Å²) in [6.45, 7) is 7.10. The number of hydrogen-bond acceptors (Lipinski definition) is 5. The standard InChI is InChI=1S/C25H30N2O5S/c1-17-13-18(2)16-26(15-17)33(30,31)22-9-6-8-21(14-22)25(29)32-19(3)24(28)27-12-11-20-7-4-5-10-23(20)27/h4-10,14,17-19H,11-13,15-16H2,1-3H3. The lowest BCUT2D eigenvalue weighted by Gasteiger charge is -2.34. The van der Waals surface area contributed by atoms with Crippen LogP contribution in [0.4, 0.5) is 5.69 Å². The van der Waals surface area contributed by atoms with E-state index in [1.807, 2.05) is 38.1 Å². The van der Waals surface area contributed by atoms with Crippen molar-refractivity contribution < 1.29 is 22.7 Å². The molecule has 0 spiro atoms. The van der Waals surface area contributed by atoms with Crippen LogP contribution in [-0.2, 0) is 26.0 Å². The Balaban J connectivity index is 1.47. The van der Waals surface area contributed by atoms with Gasteiger partial charge in [0.05, 0.1) is 10.5 Å². The van der Waals surface area contributed by atoms with Gasteiger partial charge in [0.25, 0.3) is 5.91 Å². The van der Waals surface area contributed by atoms with Crippen LogP contribution in [0.15, 0.2) is 53.4 Å². The number of hydrogen-bond donors (Lipinski definition) is 0. The van der Waals surface area contributed by atoms with Gasteiger partial charge in [0.2, 0.25) is 10.0 Å². The molecule has 4 rings (SSSR count). The van der Waals surface area contributed by atoms with Crippen LogP contribution in [0.25, 0.3) is 0 Å². The Morgan fingerprint density at radius 2 is 1.73 bits per heavy atom. The molecule has 1 amide bonds. The number of carbonyl (C=O) groups is 2. The van der Waals surface area contributed by atoms with Crippen LogP contribution in [0.2, 0.25) is 0 Å². The lowest BCUT2D eigenvalue weighted by molar-refractivity contribution is -0.126. The normalized spacial score (nSPS) is 22.0. The first kappa shape index (κ1) is 23.4. The molecule has 2 aromatic rings. The summed E-state index contributed by atoms with van der Waals surface area (Å²) in [5, 5.41) is 0. The van der Waals surface area contributed by atoms with E-state index < -0.39 is 22.1 Å². The van der Waals surface area contributed by atoms with Gasteiger partial charge in [0, 0.05) is 25.3 Å². The summed E-state index contributed by atoms with van der Waals surface area (Å²) in [6.07, 6.45) is 0.759. The minimum absolute atomic E-state index is 0.0608. The highest BCUT2D eigenvalue weighted by Crippen LogP contribution is 2.29. The van der Waals surface area contributed by atoms with Gasteiger partial charge in [-0.3, -0.25) is 4.79 Å². The second-order valence-corrected chi connectivity index (χ2v) is 11.1. The predicted octanol–water partition coefficient (Wildman–Crippen LogP) is 3.49. The van der Waals surface area contributed by atoms with E-state index in [4.69, 9.17) is 4.74 Å². The molecule has 3 unspecified atom stereocenters. The molecule has 2 heterocycles. The molecule has 0 aromatic heterocycles. The zero-order valence-electron chi connectivity index (χ0n) is 19.2. The maximum atomic E-state index is 13.2. The zero-order chi connectivity index (χ0) is 23.8. The molecule has 2 aliphatic rings. The minimum Gasteiger partial charge on any atom is -0.449 e. The Bertz CT molecular complexity index is 1150. The zero-order valence-corrected chi connectivity index (χ0v) is 20.0. The molecule has 3 atom stereocenters. The van der Waals surface area contributed by atoms with Gasteiger partial charge in [-0.15, -0.1) is 0 Å². The number of nitrogens with zero attached hydrogens (tertiary/aromatic N) is 2. The molecule has 8 heteroatoms. The molecule has 7 nitrogen and oxygen atoms in total. The molecule has 2 aliphatic heterocycles. The molecule has 1 saturated heterocycles. The predicted molar refractivity (Wildman–Crippen MR) is 126 cm³/mol. The molecule has 0 aliphatic carbocycles. The minimum atomic E-state index is -3.72. The summed E-state index contributed by atoms with van der Waals surface area (Å²) < 4.78 is 33.3. The summed E-state index contributed by atoms with van der Waals surface area (Å²) in [5.41, 5.74) is 2.03. The van der Waals surface area contributed by atoms with E-state index in [9.17, 15) is 18.0 Å². The fraction of sp³-hybridized carbons (Fsp3) is 0.440. The largest absolute Gasteiger partial charge is 0.449 e. The van der Waals surface area contributed by atoms with E-state index in [1.54, 1.807) is 4.90 Å². The number of sulfonamides is 1. The monoisotopic (exact) mass is 470 g/mol. The number of esters is 1. The van der Waals surface area contributed by atoms with E-state index in [0.29, 0.717) is 19.6 Å². The van der Waals surface area contributed by atoms with E-state index in [0.717, 1.165) is 24.1 Å². The van der Waals surface area contributed by atoms with Crippen molar-refractivity contribution in [3.05, 3.63) is 59.7 Å². The van der Waals surface area contributed by atoms with Crippen LogP contribution >= 0.6 is 0 Å². The second-order valence-electron chi connectivity index (χ2n) is 9.21. The Kier molecular flexibility index (Phi) is 6.59. The van der Waals surface area contributed by atoms with Crippen LogP contribution < -0.4 is 4.90 Å². The van der Waals surface area contributed by atoms with E-state index in [2.05, 4.69) is 0 Å². The molecule has 176 valence electrons. The number of rotatable bonds is 5. The summed E-state index contributed by atoms with van der Waals surface area (Å²) in [5.74, 6) is -0.465. The second kappa shape index (κ2) is 9.27. The van der Waals surface area contributed by atoms with Crippen LogP contribution in [0, 0.1) is 11.8 Å². The van der Waals surface area contributed by atoms with E-state index >= 15 is 0 Å². The van der Waals surface area contributed by atoms with Gasteiger partial charge >= 0.3 is 5.97 Å².